The standard InChI is InChI=1S/C16H17ClFN3O5S/c1-16(2)7-15(21-26-16)27(23,24)8-12-9-5-10(18)11(6-13(9)25-20-12)19-14(22)3-4-17/h5-6H,3-4,7-8H2,1-2H3,(H,19,22). The van der Waals surface area contributed by atoms with Crippen LogP contribution >= 0.6 is 11.6 Å². The number of hydrogen-bond acceptors (Lipinski definition) is 7. The Morgan fingerprint density at radius 1 is 1.41 bits per heavy atom. The molecule has 0 saturated carbocycles. The van der Waals surface area contributed by atoms with E-state index in [0.717, 1.165) is 6.07 Å². The van der Waals surface area contributed by atoms with Gasteiger partial charge in [0.2, 0.25) is 15.7 Å². The number of alkyl halides is 1. The lowest BCUT2D eigenvalue weighted by Gasteiger charge is -2.13. The first-order valence-electron chi connectivity index (χ1n) is 8.03. The van der Waals surface area contributed by atoms with Gasteiger partial charge in [0.05, 0.1) is 5.69 Å². The molecule has 1 aromatic carbocycles. The van der Waals surface area contributed by atoms with Crippen LogP contribution in [-0.2, 0) is 25.2 Å². The van der Waals surface area contributed by atoms with Crippen LogP contribution in [0, 0.1) is 5.82 Å². The summed E-state index contributed by atoms with van der Waals surface area (Å²) >= 11 is 5.48. The summed E-state index contributed by atoms with van der Waals surface area (Å²) in [6, 6.07) is 2.32. The topological polar surface area (TPSA) is 111 Å². The molecule has 3 rings (SSSR count). The fraction of sp³-hybridized carbons (Fsp3) is 0.438. The molecule has 11 heteroatoms. The van der Waals surface area contributed by atoms with Gasteiger partial charge in [-0.15, -0.1) is 11.6 Å². The van der Waals surface area contributed by atoms with Crippen molar-refractivity contribution in [2.75, 3.05) is 11.2 Å². The Morgan fingerprint density at radius 2 is 2.15 bits per heavy atom. The highest BCUT2D eigenvalue weighted by molar-refractivity contribution is 8.05. The molecule has 1 amide bonds. The lowest BCUT2D eigenvalue weighted by molar-refractivity contribution is -0.115. The molecule has 1 aliphatic heterocycles. The van der Waals surface area contributed by atoms with Crippen molar-refractivity contribution >= 4 is 49.0 Å². The van der Waals surface area contributed by atoms with Gasteiger partial charge in [-0.25, -0.2) is 12.8 Å². The molecule has 0 atom stereocenters. The molecule has 0 spiro atoms. The molecule has 8 nitrogen and oxygen atoms in total. The Balaban J connectivity index is 1.87. The number of amides is 1. The van der Waals surface area contributed by atoms with Gasteiger partial charge in [-0.3, -0.25) is 4.79 Å². The largest absolute Gasteiger partial charge is 0.389 e. The van der Waals surface area contributed by atoms with Crippen molar-refractivity contribution in [1.29, 1.82) is 0 Å². The molecular formula is C16H17ClFN3O5S. The number of nitrogens with one attached hydrogen (secondary N) is 1. The third-order valence-corrected chi connectivity index (χ3v) is 5.67. The Labute approximate surface area is 159 Å². The monoisotopic (exact) mass is 417 g/mol. The van der Waals surface area contributed by atoms with E-state index in [2.05, 4.69) is 15.6 Å². The number of rotatable bonds is 5. The van der Waals surface area contributed by atoms with Crippen molar-refractivity contribution in [3.05, 3.63) is 23.6 Å². The number of fused-ring (bicyclic) bond motifs is 1. The van der Waals surface area contributed by atoms with Crippen LogP contribution in [0.3, 0.4) is 0 Å². The van der Waals surface area contributed by atoms with E-state index in [1.807, 2.05) is 0 Å². The van der Waals surface area contributed by atoms with Crippen LogP contribution in [0.15, 0.2) is 21.8 Å². The molecule has 0 fully saturated rings. The lowest BCUT2D eigenvalue weighted by atomic mass is 10.1. The maximum Gasteiger partial charge on any atom is 0.225 e. The van der Waals surface area contributed by atoms with Crippen molar-refractivity contribution in [3.8, 4) is 0 Å². The second kappa shape index (κ2) is 7.08. The highest BCUT2D eigenvalue weighted by atomic mass is 35.5. The molecule has 0 saturated heterocycles. The molecule has 2 heterocycles. The number of nitrogens with zero attached hydrogens (tertiary/aromatic N) is 2. The van der Waals surface area contributed by atoms with Crippen molar-refractivity contribution in [2.24, 2.45) is 5.16 Å². The highest BCUT2D eigenvalue weighted by Gasteiger charge is 2.36. The van der Waals surface area contributed by atoms with Crippen LogP contribution in [0.4, 0.5) is 10.1 Å². The Morgan fingerprint density at radius 3 is 2.78 bits per heavy atom. The van der Waals surface area contributed by atoms with Gasteiger partial charge in [-0.05, 0) is 19.9 Å². The summed E-state index contributed by atoms with van der Waals surface area (Å²) in [6.45, 7) is 3.44. The summed E-state index contributed by atoms with van der Waals surface area (Å²) in [5, 5.41) is 9.86. The molecule has 1 N–H and O–H groups in total. The zero-order chi connectivity index (χ0) is 19.8. The summed E-state index contributed by atoms with van der Waals surface area (Å²) in [6.07, 6.45) is 0.162. The van der Waals surface area contributed by atoms with E-state index in [9.17, 15) is 17.6 Å². The molecule has 1 aromatic heterocycles. The van der Waals surface area contributed by atoms with Gasteiger partial charge in [0.15, 0.2) is 10.6 Å². The van der Waals surface area contributed by atoms with E-state index in [1.165, 1.54) is 6.07 Å². The van der Waals surface area contributed by atoms with Gasteiger partial charge < -0.3 is 14.7 Å². The summed E-state index contributed by atoms with van der Waals surface area (Å²) in [7, 11) is -3.80. The van der Waals surface area contributed by atoms with E-state index in [4.69, 9.17) is 21.0 Å². The number of carbonyl (C=O) groups is 1. The normalized spacial score (nSPS) is 16.2. The third kappa shape index (κ3) is 4.22. The first-order valence-corrected chi connectivity index (χ1v) is 10.2. The summed E-state index contributed by atoms with van der Waals surface area (Å²) in [5.74, 6) is -1.59. The Kier molecular flexibility index (Phi) is 5.13. The zero-order valence-corrected chi connectivity index (χ0v) is 16.2. The minimum Gasteiger partial charge on any atom is -0.389 e. The molecule has 1 aliphatic rings. The first kappa shape index (κ1) is 19.6. The second-order valence-corrected chi connectivity index (χ2v) is 9.08. The molecule has 0 radical (unpaired) electrons. The maximum absolute atomic E-state index is 14.3. The Hall–Kier alpha value is -2.20. The number of hydrogen-bond donors (Lipinski definition) is 1. The number of carbonyl (C=O) groups excluding carboxylic acids is 1. The average Bonchev–Trinajstić information content (AvgIpc) is 3.11. The molecule has 146 valence electrons. The van der Waals surface area contributed by atoms with Crippen LogP contribution in [0.25, 0.3) is 11.0 Å². The SMILES string of the molecule is CC1(C)CC(S(=O)(=O)Cc2noc3cc(NC(=O)CCCl)c(F)cc23)=NO1. The van der Waals surface area contributed by atoms with Crippen molar-refractivity contribution in [3.63, 3.8) is 0 Å². The van der Waals surface area contributed by atoms with Gasteiger partial charge in [0.25, 0.3) is 0 Å². The number of halogens is 2. The van der Waals surface area contributed by atoms with Crippen LogP contribution < -0.4 is 5.32 Å². The summed E-state index contributed by atoms with van der Waals surface area (Å²) in [4.78, 5) is 16.7. The van der Waals surface area contributed by atoms with Gasteiger partial charge >= 0.3 is 0 Å². The molecule has 0 unspecified atom stereocenters. The summed E-state index contributed by atoms with van der Waals surface area (Å²) in [5.41, 5.74) is -0.600. The number of oxime groups is 1. The minimum atomic E-state index is -3.80. The van der Waals surface area contributed by atoms with Crippen molar-refractivity contribution in [1.82, 2.24) is 5.16 Å². The third-order valence-electron chi connectivity index (χ3n) is 3.89. The fourth-order valence-electron chi connectivity index (χ4n) is 2.54. The quantitative estimate of drug-likeness (QED) is 0.748. The van der Waals surface area contributed by atoms with Crippen LogP contribution in [0.1, 0.15) is 32.4 Å². The number of benzene rings is 1. The van der Waals surface area contributed by atoms with E-state index >= 15 is 0 Å². The predicted molar refractivity (Wildman–Crippen MR) is 97.8 cm³/mol. The lowest BCUT2D eigenvalue weighted by Crippen LogP contribution is -2.23. The van der Waals surface area contributed by atoms with Gasteiger partial charge in [0, 0.05) is 30.2 Å². The van der Waals surface area contributed by atoms with Crippen LogP contribution in [-0.4, -0.2) is 36.0 Å². The van der Waals surface area contributed by atoms with Gasteiger partial charge in [-0.2, -0.15) is 0 Å². The molecule has 0 aliphatic carbocycles. The van der Waals surface area contributed by atoms with Crippen LogP contribution in [0.5, 0.6) is 0 Å². The van der Waals surface area contributed by atoms with E-state index in [1.54, 1.807) is 13.8 Å². The first-order chi connectivity index (χ1) is 12.6. The van der Waals surface area contributed by atoms with Crippen LogP contribution in [0.2, 0.25) is 0 Å². The Bertz CT molecular complexity index is 1030. The minimum absolute atomic E-state index is 0.0272. The molecule has 0 bridgehead atoms. The van der Waals surface area contributed by atoms with Gasteiger partial charge in [0.1, 0.15) is 22.9 Å². The fourth-order valence-corrected chi connectivity index (χ4v) is 4.16. The smallest absolute Gasteiger partial charge is 0.225 e. The average molecular weight is 418 g/mol. The van der Waals surface area contributed by atoms with E-state index in [-0.39, 0.29) is 46.1 Å². The summed E-state index contributed by atoms with van der Waals surface area (Å²) < 4.78 is 44.5. The highest BCUT2D eigenvalue weighted by Crippen LogP contribution is 2.29. The van der Waals surface area contributed by atoms with Gasteiger partial charge in [-0.1, -0.05) is 10.3 Å². The maximum atomic E-state index is 14.3. The number of aromatic nitrogens is 1. The molecule has 2 aromatic rings. The number of anilines is 1. The van der Waals surface area contributed by atoms with E-state index in [0.29, 0.717) is 0 Å². The predicted octanol–water partition coefficient (Wildman–Crippen LogP) is 2.96. The number of sulfone groups is 1. The van der Waals surface area contributed by atoms with Crippen molar-refractivity contribution < 1.29 is 27.0 Å². The molecular weight excluding hydrogens is 401 g/mol. The molecule has 27 heavy (non-hydrogen) atoms. The van der Waals surface area contributed by atoms with Crippen molar-refractivity contribution in [2.45, 2.75) is 38.0 Å². The second-order valence-electron chi connectivity index (χ2n) is 6.72. The zero-order valence-electron chi connectivity index (χ0n) is 14.6. The van der Waals surface area contributed by atoms with E-state index < -0.39 is 32.9 Å².